The van der Waals surface area contributed by atoms with E-state index < -0.39 is 0 Å². The van der Waals surface area contributed by atoms with Crippen LogP contribution in [0.2, 0.25) is 0 Å². The van der Waals surface area contributed by atoms with E-state index in [1.165, 1.54) is 19.2 Å². The highest BCUT2D eigenvalue weighted by Gasteiger charge is 2.11. The quantitative estimate of drug-likeness (QED) is 0.703. The lowest BCUT2D eigenvalue weighted by Crippen LogP contribution is -2.10. The van der Waals surface area contributed by atoms with Crippen molar-refractivity contribution in [3.8, 4) is 0 Å². The number of nitrogens with one attached hydrogen (secondary N) is 1. The van der Waals surface area contributed by atoms with Crippen molar-refractivity contribution >= 4 is 17.0 Å². The average molecular weight is 262 g/mol. The summed E-state index contributed by atoms with van der Waals surface area (Å²) < 4.78 is 0. The molecule has 0 bridgehead atoms. The molecule has 5 N–H and O–H groups in total. The molecule has 2 rings (SSSR count). The van der Waals surface area contributed by atoms with Gasteiger partial charge in [0, 0.05) is 6.42 Å². The number of aryl methyl sites for hydroxylation is 1. The van der Waals surface area contributed by atoms with Crippen LogP contribution in [0.5, 0.6) is 0 Å². The van der Waals surface area contributed by atoms with E-state index >= 15 is 0 Å². The highest BCUT2D eigenvalue weighted by molar-refractivity contribution is 5.80. The third-order valence-corrected chi connectivity index (χ3v) is 3.43. The summed E-state index contributed by atoms with van der Waals surface area (Å²) in [6, 6.07) is 0. The second kappa shape index (κ2) is 6.47. The molecule has 2 heterocycles. The Balaban J connectivity index is 2.02. The first kappa shape index (κ1) is 13.7. The minimum absolute atomic E-state index is 0.454. The Bertz CT molecular complexity index is 515. The molecule has 1 unspecified atom stereocenters. The number of hydrogen-bond donors (Lipinski definition) is 3. The lowest BCUT2D eigenvalue weighted by atomic mass is 9.94. The summed E-state index contributed by atoms with van der Waals surface area (Å²) in [4.78, 5) is 15.7. The van der Waals surface area contributed by atoms with Gasteiger partial charge >= 0.3 is 0 Å². The number of imidazole rings is 1. The molecule has 0 aliphatic rings. The molecule has 6 heteroatoms. The van der Waals surface area contributed by atoms with E-state index in [9.17, 15) is 0 Å². The van der Waals surface area contributed by atoms with Gasteiger partial charge in [-0.25, -0.2) is 15.0 Å². The van der Waals surface area contributed by atoms with E-state index in [4.69, 9.17) is 11.5 Å². The molecule has 0 saturated carbocycles. The third kappa shape index (κ3) is 3.41. The van der Waals surface area contributed by atoms with Gasteiger partial charge in [0.2, 0.25) is 0 Å². The van der Waals surface area contributed by atoms with Crippen LogP contribution in [-0.4, -0.2) is 26.5 Å². The van der Waals surface area contributed by atoms with Crippen molar-refractivity contribution in [3.05, 3.63) is 12.2 Å². The van der Waals surface area contributed by atoms with Crippen LogP contribution >= 0.6 is 0 Å². The largest absolute Gasteiger partial charge is 0.382 e. The van der Waals surface area contributed by atoms with Gasteiger partial charge in [0.15, 0.2) is 11.5 Å². The Morgan fingerprint density at radius 2 is 2.11 bits per heavy atom. The SMILES string of the molecule is CCCC(CCN)CCc1nc2ncnc(N)c2[nH]1. The fourth-order valence-electron chi connectivity index (χ4n) is 2.43. The van der Waals surface area contributed by atoms with Crippen LogP contribution in [0, 0.1) is 5.92 Å². The number of anilines is 1. The van der Waals surface area contributed by atoms with Gasteiger partial charge in [-0.1, -0.05) is 19.8 Å². The smallest absolute Gasteiger partial charge is 0.183 e. The van der Waals surface area contributed by atoms with Crippen molar-refractivity contribution in [2.75, 3.05) is 12.3 Å². The van der Waals surface area contributed by atoms with Gasteiger partial charge in [-0.2, -0.15) is 0 Å². The molecule has 0 saturated heterocycles. The molecule has 2 aromatic heterocycles. The number of fused-ring (bicyclic) bond motifs is 1. The summed E-state index contributed by atoms with van der Waals surface area (Å²) in [6.07, 6.45) is 6.94. The molecule has 0 aliphatic carbocycles. The number of hydrogen-bond acceptors (Lipinski definition) is 5. The predicted molar refractivity (Wildman–Crippen MR) is 76.5 cm³/mol. The maximum Gasteiger partial charge on any atom is 0.183 e. The van der Waals surface area contributed by atoms with E-state index in [-0.39, 0.29) is 0 Å². The van der Waals surface area contributed by atoms with E-state index in [0.29, 0.717) is 17.4 Å². The Morgan fingerprint density at radius 1 is 1.26 bits per heavy atom. The average Bonchev–Trinajstić information content (AvgIpc) is 2.81. The van der Waals surface area contributed by atoms with Crippen molar-refractivity contribution in [2.45, 2.75) is 39.0 Å². The lowest BCUT2D eigenvalue weighted by Gasteiger charge is -2.13. The second-order valence-electron chi connectivity index (χ2n) is 4.91. The van der Waals surface area contributed by atoms with Gasteiger partial charge < -0.3 is 16.5 Å². The number of H-pyrrole nitrogens is 1. The Hall–Kier alpha value is -1.69. The zero-order valence-corrected chi connectivity index (χ0v) is 11.4. The topological polar surface area (TPSA) is 106 Å². The zero-order valence-electron chi connectivity index (χ0n) is 11.4. The van der Waals surface area contributed by atoms with Crippen LogP contribution in [-0.2, 0) is 6.42 Å². The van der Waals surface area contributed by atoms with Crippen molar-refractivity contribution in [2.24, 2.45) is 11.7 Å². The second-order valence-corrected chi connectivity index (χ2v) is 4.91. The summed E-state index contributed by atoms with van der Waals surface area (Å²) in [7, 11) is 0. The van der Waals surface area contributed by atoms with Gasteiger partial charge in [0.25, 0.3) is 0 Å². The molecule has 0 radical (unpaired) electrons. The van der Waals surface area contributed by atoms with Crippen LogP contribution < -0.4 is 11.5 Å². The van der Waals surface area contributed by atoms with Gasteiger partial charge in [0.05, 0.1) is 0 Å². The molecule has 0 aliphatic heterocycles. The van der Waals surface area contributed by atoms with Crippen LogP contribution in [0.4, 0.5) is 5.82 Å². The maximum atomic E-state index is 5.78. The molecule has 0 spiro atoms. The maximum absolute atomic E-state index is 5.78. The Kier molecular flexibility index (Phi) is 4.68. The van der Waals surface area contributed by atoms with Crippen molar-refractivity contribution in [3.63, 3.8) is 0 Å². The number of aromatic nitrogens is 4. The molecule has 1 atom stereocenters. The van der Waals surface area contributed by atoms with Gasteiger partial charge in [0.1, 0.15) is 17.7 Å². The van der Waals surface area contributed by atoms with Crippen LogP contribution in [0.3, 0.4) is 0 Å². The molecular weight excluding hydrogens is 240 g/mol. The zero-order chi connectivity index (χ0) is 13.7. The first-order chi connectivity index (χ1) is 9.24. The minimum atomic E-state index is 0.454. The van der Waals surface area contributed by atoms with E-state index in [1.54, 1.807) is 0 Å². The van der Waals surface area contributed by atoms with Crippen molar-refractivity contribution in [1.82, 2.24) is 19.9 Å². The summed E-state index contributed by atoms with van der Waals surface area (Å²) >= 11 is 0. The van der Waals surface area contributed by atoms with Crippen LogP contribution in [0.1, 0.15) is 38.4 Å². The molecule has 0 aromatic carbocycles. The molecular formula is C13H22N6. The van der Waals surface area contributed by atoms with E-state index in [2.05, 4.69) is 26.9 Å². The number of rotatable bonds is 7. The normalized spacial score (nSPS) is 12.9. The minimum Gasteiger partial charge on any atom is -0.382 e. The first-order valence-electron chi connectivity index (χ1n) is 6.89. The molecule has 0 amide bonds. The molecule has 0 fully saturated rings. The fourth-order valence-corrected chi connectivity index (χ4v) is 2.43. The van der Waals surface area contributed by atoms with Crippen LogP contribution in [0.25, 0.3) is 11.2 Å². The fraction of sp³-hybridized carbons (Fsp3) is 0.615. The summed E-state index contributed by atoms with van der Waals surface area (Å²) in [5, 5.41) is 0. The van der Waals surface area contributed by atoms with Gasteiger partial charge in [-0.3, -0.25) is 0 Å². The summed E-state index contributed by atoms with van der Waals surface area (Å²) in [5.41, 5.74) is 12.8. The van der Waals surface area contributed by atoms with Crippen molar-refractivity contribution in [1.29, 1.82) is 0 Å². The summed E-state index contributed by atoms with van der Waals surface area (Å²) in [5.74, 6) is 2.06. The highest BCUT2D eigenvalue weighted by Crippen LogP contribution is 2.19. The number of nitrogens with zero attached hydrogens (tertiary/aromatic N) is 3. The summed E-state index contributed by atoms with van der Waals surface area (Å²) in [6.45, 7) is 2.96. The monoisotopic (exact) mass is 262 g/mol. The van der Waals surface area contributed by atoms with Gasteiger partial charge in [-0.15, -0.1) is 0 Å². The van der Waals surface area contributed by atoms with Crippen molar-refractivity contribution < 1.29 is 0 Å². The number of nitrogens with two attached hydrogens (primary N) is 2. The molecule has 2 aromatic rings. The number of aromatic amines is 1. The lowest BCUT2D eigenvalue weighted by molar-refractivity contribution is 0.418. The Labute approximate surface area is 113 Å². The molecule has 6 nitrogen and oxygen atoms in total. The third-order valence-electron chi connectivity index (χ3n) is 3.43. The first-order valence-corrected chi connectivity index (χ1v) is 6.89. The van der Waals surface area contributed by atoms with Gasteiger partial charge in [-0.05, 0) is 25.3 Å². The molecule has 19 heavy (non-hydrogen) atoms. The highest BCUT2D eigenvalue weighted by atomic mass is 15.0. The van der Waals surface area contributed by atoms with E-state index in [1.807, 2.05) is 0 Å². The Morgan fingerprint density at radius 3 is 2.79 bits per heavy atom. The number of nitrogen functional groups attached to an aromatic ring is 1. The predicted octanol–water partition coefficient (Wildman–Crippen LogP) is 1.63. The van der Waals surface area contributed by atoms with E-state index in [0.717, 1.165) is 37.1 Å². The molecule has 104 valence electrons. The van der Waals surface area contributed by atoms with Crippen LogP contribution in [0.15, 0.2) is 6.33 Å². The standard InChI is InChI=1S/C13H22N6/c1-2-3-9(6-7-14)4-5-10-18-11-12(15)16-8-17-13(11)19-10/h8-9H,2-7,14H2,1H3,(H3,15,16,17,18,19).